The van der Waals surface area contributed by atoms with E-state index in [4.69, 9.17) is 16.7 Å². The molecule has 5 nitrogen and oxygen atoms in total. The Morgan fingerprint density at radius 2 is 2.11 bits per heavy atom. The summed E-state index contributed by atoms with van der Waals surface area (Å²) in [5.74, 6) is -1.06. The second-order valence-corrected chi connectivity index (χ2v) is 4.26. The van der Waals surface area contributed by atoms with Gasteiger partial charge in [0, 0.05) is 13.6 Å². The highest BCUT2D eigenvalue weighted by Gasteiger charge is 2.11. The zero-order valence-corrected chi connectivity index (χ0v) is 11.0. The summed E-state index contributed by atoms with van der Waals surface area (Å²) in [4.78, 5) is 24.0. The van der Waals surface area contributed by atoms with Gasteiger partial charge in [0.15, 0.2) is 0 Å². The molecule has 0 saturated heterocycles. The molecular formula is C12H15ClN2O3. The third kappa shape index (κ3) is 3.63. The van der Waals surface area contributed by atoms with Gasteiger partial charge in [-0.25, -0.2) is 9.59 Å². The minimum Gasteiger partial charge on any atom is -0.478 e. The molecule has 0 atom stereocenters. The third-order valence-corrected chi connectivity index (χ3v) is 2.68. The van der Waals surface area contributed by atoms with Crippen LogP contribution in [0, 0.1) is 0 Å². The van der Waals surface area contributed by atoms with Crippen LogP contribution in [-0.4, -0.2) is 35.6 Å². The number of nitrogens with one attached hydrogen (secondary N) is 1. The van der Waals surface area contributed by atoms with E-state index in [1.807, 2.05) is 6.92 Å². The van der Waals surface area contributed by atoms with Crippen molar-refractivity contribution in [1.82, 2.24) is 4.90 Å². The lowest BCUT2D eigenvalue weighted by atomic mass is 10.2. The molecular weight excluding hydrogens is 256 g/mol. The van der Waals surface area contributed by atoms with E-state index in [9.17, 15) is 9.59 Å². The molecule has 1 rings (SSSR count). The van der Waals surface area contributed by atoms with Crippen LogP contribution in [0.3, 0.4) is 0 Å². The standard InChI is InChI=1S/C12H15ClN2O3/c1-3-6-15(2)12(18)14-10-5-4-8(11(16)17)7-9(10)13/h4-5,7H,3,6H2,1-2H3,(H,14,18)(H,16,17). The van der Waals surface area contributed by atoms with E-state index in [0.717, 1.165) is 6.42 Å². The van der Waals surface area contributed by atoms with Gasteiger partial charge in [0.1, 0.15) is 0 Å². The van der Waals surface area contributed by atoms with Gasteiger partial charge in [0.05, 0.1) is 16.3 Å². The number of aromatic carboxylic acids is 1. The molecule has 1 aromatic rings. The van der Waals surface area contributed by atoms with Gasteiger partial charge in [-0.2, -0.15) is 0 Å². The number of urea groups is 1. The van der Waals surface area contributed by atoms with E-state index in [2.05, 4.69) is 5.32 Å². The fourth-order valence-corrected chi connectivity index (χ4v) is 1.62. The predicted molar refractivity (Wildman–Crippen MR) is 70.4 cm³/mol. The van der Waals surface area contributed by atoms with Crippen molar-refractivity contribution in [2.75, 3.05) is 18.9 Å². The number of amides is 2. The molecule has 18 heavy (non-hydrogen) atoms. The lowest BCUT2D eigenvalue weighted by Gasteiger charge is -2.17. The number of halogens is 1. The highest BCUT2D eigenvalue weighted by Crippen LogP contribution is 2.23. The van der Waals surface area contributed by atoms with Crippen LogP contribution in [0.15, 0.2) is 18.2 Å². The molecule has 0 aliphatic rings. The Morgan fingerprint density at radius 3 is 2.61 bits per heavy atom. The van der Waals surface area contributed by atoms with E-state index < -0.39 is 5.97 Å². The van der Waals surface area contributed by atoms with Gasteiger partial charge in [-0.3, -0.25) is 0 Å². The number of nitrogens with zero attached hydrogens (tertiary/aromatic N) is 1. The minimum atomic E-state index is -1.06. The van der Waals surface area contributed by atoms with Crippen molar-refractivity contribution >= 4 is 29.3 Å². The number of carbonyl (C=O) groups is 2. The zero-order chi connectivity index (χ0) is 13.7. The lowest BCUT2D eigenvalue weighted by Crippen LogP contribution is -2.31. The Balaban J connectivity index is 2.79. The van der Waals surface area contributed by atoms with E-state index in [1.54, 1.807) is 7.05 Å². The molecule has 1 aromatic carbocycles. The quantitative estimate of drug-likeness (QED) is 0.884. The second kappa shape index (κ2) is 6.26. The van der Waals surface area contributed by atoms with Gasteiger partial charge in [0.2, 0.25) is 0 Å². The number of carboxylic acids is 1. The number of hydrogen-bond donors (Lipinski definition) is 2. The van der Waals surface area contributed by atoms with Crippen LogP contribution < -0.4 is 5.32 Å². The minimum absolute atomic E-state index is 0.0833. The Kier molecular flexibility index (Phi) is 4.97. The monoisotopic (exact) mass is 270 g/mol. The van der Waals surface area contributed by atoms with Crippen LogP contribution in [0.2, 0.25) is 5.02 Å². The summed E-state index contributed by atoms with van der Waals surface area (Å²) in [7, 11) is 1.68. The lowest BCUT2D eigenvalue weighted by molar-refractivity contribution is 0.0697. The van der Waals surface area contributed by atoms with Gasteiger partial charge in [-0.15, -0.1) is 0 Å². The van der Waals surface area contributed by atoms with Crippen molar-refractivity contribution in [2.24, 2.45) is 0 Å². The van der Waals surface area contributed by atoms with Crippen molar-refractivity contribution in [3.05, 3.63) is 28.8 Å². The van der Waals surface area contributed by atoms with Gasteiger partial charge < -0.3 is 15.3 Å². The zero-order valence-electron chi connectivity index (χ0n) is 10.2. The largest absolute Gasteiger partial charge is 0.478 e. The van der Waals surface area contributed by atoms with Crippen molar-refractivity contribution < 1.29 is 14.7 Å². The number of rotatable bonds is 4. The summed E-state index contributed by atoms with van der Waals surface area (Å²) in [6.07, 6.45) is 0.857. The van der Waals surface area contributed by atoms with Gasteiger partial charge in [-0.1, -0.05) is 18.5 Å². The first-order valence-electron chi connectivity index (χ1n) is 5.50. The summed E-state index contributed by atoms with van der Waals surface area (Å²) >= 11 is 5.90. The third-order valence-electron chi connectivity index (χ3n) is 2.36. The topological polar surface area (TPSA) is 69.6 Å². The highest BCUT2D eigenvalue weighted by atomic mass is 35.5. The Bertz CT molecular complexity index is 463. The first kappa shape index (κ1) is 14.3. The van der Waals surface area contributed by atoms with Crippen molar-refractivity contribution in [1.29, 1.82) is 0 Å². The Labute approximate surface area is 110 Å². The van der Waals surface area contributed by atoms with Crippen molar-refractivity contribution in [2.45, 2.75) is 13.3 Å². The van der Waals surface area contributed by atoms with Gasteiger partial charge in [-0.05, 0) is 24.6 Å². The molecule has 2 N–H and O–H groups in total. The predicted octanol–water partition coefficient (Wildman–Crippen LogP) is 2.91. The first-order chi connectivity index (χ1) is 8.45. The summed E-state index contributed by atoms with van der Waals surface area (Å²) in [6.45, 7) is 2.61. The number of anilines is 1. The maximum atomic E-state index is 11.7. The maximum absolute atomic E-state index is 11.7. The fraction of sp³-hybridized carbons (Fsp3) is 0.333. The molecule has 98 valence electrons. The smallest absolute Gasteiger partial charge is 0.335 e. The molecule has 0 radical (unpaired) electrons. The van der Waals surface area contributed by atoms with Crippen molar-refractivity contribution in [3.8, 4) is 0 Å². The normalized spacial score (nSPS) is 9.94. The van der Waals surface area contributed by atoms with Gasteiger partial charge in [0.25, 0.3) is 0 Å². The summed E-state index contributed by atoms with van der Waals surface area (Å²) in [5, 5.41) is 11.6. The SMILES string of the molecule is CCCN(C)C(=O)Nc1ccc(C(=O)O)cc1Cl. The summed E-state index contributed by atoms with van der Waals surface area (Å²) in [5.41, 5.74) is 0.481. The number of carbonyl (C=O) groups excluding carboxylic acids is 1. The van der Waals surface area contributed by atoms with Crippen LogP contribution in [0.1, 0.15) is 23.7 Å². The molecule has 0 bridgehead atoms. The highest BCUT2D eigenvalue weighted by molar-refractivity contribution is 6.34. The number of benzene rings is 1. The van der Waals surface area contributed by atoms with Gasteiger partial charge >= 0.3 is 12.0 Å². The molecule has 2 amide bonds. The van der Waals surface area contributed by atoms with Crippen molar-refractivity contribution in [3.63, 3.8) is 0 Å². The Morgan fingerprint density at radius 1 is 1.44 bits per heavy atom. The van der Waals surface area contributed by atoms with E-state index in [1.165, 1.54) is 23.1 Å². The van der Waals surface area contributed by atoms with Crippen LogP contribution in [0.5, 0.6) is 0 Å². The van der Waals surface area contributed by atoms with Crippen LogP contribution in [-0.2, 0) is 0 Å². The molecule has 0 aromatic heterocycles. The maximum Gasteiger partial charge on any atom is 0.335 e. The second-order valence-electron chi connectivity index (χ2n) is 3.85. The Hall–Kier alpha value is -1.75. The molecule has 0 spiro atoms. The molecule has 6 heteroatoms. The molecule has 0 unspecified atom stereocenters. The molecule has 0 heterocycles. The molecule has 0 aliphatic carbocycles. The number of carboxylic acid groups (broad SMARTS) is 1. The average Bonchev–Trinajstić information content (AvgIpc) is 2.31. The van der Waals surface area contributed by atoms with Crippen LogP contribution in [0.25, 0.3) is 0 Å². The fourth-order valence-electron chi connectivity index (χ4n) is 1.40. The molecule has 0 aliphatic heterocycles. The van der Waals surface area contributed by atoms with E-state index >= 15 is 0 Å². The van der Waals surface area contributed by atoms with Crippen LogP contribution in [0.4, 0.5) is 10.5 Å². The summed E-state index contributed by atoms with van der Waals surface area (Å²) in [6, 6.07) is 3.90. The van der Waals surface area contributed by atoms with E-state index in [0.29, 0.717) is 12.2 Å². The summed E-state index contributed by atoms with van der Waals surface area (Å²) < 4.78 is 0. The first-order valence-corrected chi connectivity index (χ1v) is 5.88. The number of hydrogen-bond acceptors (Lipinski definition) is 2. The molecule has 0 saturated carbocycles. The molecule has 0 fully saturated rings. The average molecular weight is 271 g/mol. The van der Waals surface area contributed by atoms with Crippen LogP contribution >= 0.6 is 11.6 Å². The van der Waals surface area contributed by atoms with E-state index in [-0.39, 0.29) is 16.6 Å².